The van der Waals surface area contributed by atoms with E-state index in [2.05, 4.69) is 18.6 Å². The number of nitrogens with two attached hydrogens (primary N) is 1. The molecule has 0 spiro atoms. The highest BCUT2D eigenvalue weighted by atomic mass is 16.5. The Labute approximate surface area is 116 Å². The lowest BCUT2D eigenvalue weighted by molar-refractivity contribution is -0.148. The van der Waals surface area contributed by atoms with E-state index >= 15 is 0 Å². The van der Waals surface area contributed by atoms with E-state index in [1.165, 1.54) is 7.11 Å². The summed E-state index contributed by atoms with van der Waals surface area (Å²) in [4.78, 5) is 25.2. The number of carbonyl (C=O) groups is 2. The highest BCUT2D eigenvalue weighted by Gasteiger charge is 2.24. The highest BCUT2D eigenvalue weighted by molar-refractivity contribution is 5.85. The molecule has 5 heteroatoms. The number of nitrogens with zero attached hydrogens (tertiary/aromatic N) is 1. The average molecular weight is 272 g/mol. The molecule has 0 aliphatic rings. The fourth-order valence-corrected chi connectivity index (χ4v) is 1.98. The second kappa shape index (κ2) is 9.78. The Bertz CT molecular complexity index is 278. The van der Waals surface area contributed by atoms with Gasteiger partial charge in [-0.2, -0.15) is 0 Å². The number of rotatable bonds is 9. The van der Waals surface area contributed by atoms with Crippen LogP contribution in [-0.2, 0) is 14.3 Å². The molecule has 0 radical (unpaired) electrons. The SMILES string of the molecule is CCC[C@H](N)C(=O)N(CC(=O)OC)CC(CC)CC. The molecular weight excluding hydrogens is 244 g/mol. The normalized spacial score (nSPS) is 12.3. The summed E-state index contributed by atoms with van der Waals surface area (Å²) in [5.41, 5.74) is 5.86. The van der Waals surface area contributed by atoms with Crippen LogP contribution in [0.15, 0.2) is 0 Å². The van der Waals surface area contributed by atoms with Gasteiger partial charge in [-0.05, 0) is 12.3 Å². The van der Waals surface area contributed by atoms with Crippen molar-refractivity contribution in [2.24, 2.45) is 11.7 Å². The number of hydrogen-bond donors (Lipinski definition) is 1. The van der Waals surface area contributed by atoms with Crippen molar-refractivity contribution in [3.63, 3.8) is 0 Å². The van der Waals surface area contributed by atoms with Crippen molar-refractivity contribution in [3.8, 4) is 0 Å². The van der Waals surface area contributed by atoms with E-state index in [0.29, 0.717) is 18.9 Å². The zero-order chi connectivity index (χ0) is 14.8. The van der Waals surface area contributed by atoms with E-state index in [0.717, 1.165) is 19.3 Å². The van der Waals surface area contributed by atoms with Crippen molar-refractivity contribution >= 4 is 11.9 Å². The Balaban J connectivity index is 4.73. The van der Waals surface area contributed by atoms with Gasteiger partial charge < -0.3 is 15.4 Å². The van der Waals surface area contributed by atoms with Crippen LogP contribution in [0.25, 0.3) is 0 Å². The molecular formula is C14H28N2O3. The van der Waals surface area contributed by atoms with Crippen LogP contribution >= 0.6 is 0 Å². The molecule has 0 aromatic rings. The first-order valence-electron chi connectivity index (χ1n) is 7.11. The lowest BCUT2D eigenvalue weighted by Gasteiger charge is -2.28. The van der Waals surface area contributed by atoms with Gasteiger partial charge in [-0.25, -0.2) is 0 Å². The van der Waals surface area contributed by atoms with Crippen molar-refractivity contribution < 1.29 is 14.3 Å². The van der Waals surface area contributed by atoms with Crippen LogP contribution < -0.4 is 5.73 Å². The maximum Gasteiger partial charge on any atom is 0.325 e. The molecule has 0 aromatic heterocycles. The van der Waals surface area contributed by atoms with Crippen molar-refractivity contribution in [3.05, 3.63) is 0 Å². The molecule has 0 fully saturated rings. The van der Waals surface area contributed by atoms with Crippen LogP contribution in [0.5, 0.6) is 0 Å². The van der Waals surface area contributed by atoms with Crippen LogP contribution in [-0.4, -0.2) is 43.0 Å². The van der Waals surface area contributed by atoms with Gasteiger partial charge in [0, 0.05) is 6.54 Å². The number of hydrogen-bond acceptors (Lipinski definition) is 4. The summed E-state index contributed by atoms with van der Waals surface area (Å²) in [5, 5.41) is 0. The molecule has 112 valence electrons. The number of carbonyl (C=O) groups excluding carboxylic acids is 2. The second-order valence-electron chi connectivity index (χ2n) is 4.87. The molecule has 0 saturated heterocycles. The summed E-state index contributed by atoms with van der Waals surface area (Å²) in [6.45, 7) is 6.71. The molecule has 0 aliphatic heterocycles. The first-order valence-corrected chi connectivity index (χ1v) is 7.11. The topological polar surface area (TPSA) is 72.6 Å². The third-order valence-corrected chi connectivity index (χ3v) is 3.41. The molecule has 0 aliphatic carbocycles. The van der Waals surface area contributed by atoms with E-state index < -0.39 is 12.0 Å². The van der Waals surface area contributed by atoms with E-state index in [4.69, 9.17) is 5.73 Å². The molecule has 0 aromatic carbocycles. The van der Waals surface area contributed by atoms with Gasteiger partial charge in [0.05, 0.1) is 13.2 Å². The summed E-state index contributed by atoms with van der Waals surface area (Å²) in [7, 11) is 1.33. The summed E-state index contributed by atoms with van der Waals surface area (Å²) >= 11 is 0. The van der Waals surface area contributed by atoms with E-state index in [1.54, 1.807) is 4.90 Å². The van der Waals surface area contributed by atoms with Gasteiger partial charge in [0.1, 0.15) is 6.54 Å². The standard InChI is InChI=1S/C14H28N2O3/c1-5-8-12(15)14(18)16(10-13(17)19-4)9-11(6-2)7-3/h11-12H,5-10,15H2,1-4H3/t12-/m0/s1. The number of ether oxygens (including phenoxy) is 1. The van der Waals surface area contributed by atoms with E-state index in [-0.39, 0.29) is 12.5 Å². The van der Waals surface area contributed by atoms with Gasteiger partial charge in [0.25, 0.3) is 0 Å². The number of amides is 1. The second-order valence-corrected chi connectivity index (χ2v) is 4.87. The third-order valence-electron chi connectivity index (χ3n) is 3.41. The molecule has 1 amide bonds. The molecule has 19 heavy (non-hydrogen) atoms. The molecule has 0 bridgehead atoms. The molecule has 0 unspecified atom stereocenters. The van der Waals surface area contributed by atoms with Crippen LogP contribution in [0.1, 0.15) is 46.5 Å². The number of methoxy groups -OCH3 is 1. The van der Waals surface area contributed by atoms with Crippen molar-refractivity contribution in [1.29, 1.82) is 0 Å². The third kappa shape index (κ3) is 6.57. The molecule has 1 atom stereocenters. The molecule has 0 heterocycles. The first-order chi connectivity index (χ1) is 8.99. The quantitative estimate of drug-likeness (QED) is 0.646. The Morgan fingerprint density at radius 2 is 1.79 bits per heavy atom. The summed E-state index contributed by atoms with van der Waals surface area (Å²) < 4.78 is 4.65. The predicted octanol–water partition coefficient (Wildman–Crippen LogP) is 1.55. The van der Waals surface area contributed by atoms with Gasteiger partial charge in [-0.15, -0.1) is 0 Å². The van der Waals surface area contributed by atoms with Crippen LogP contribution in [0.3, 0.4) is 0 Å². The monoisotopic (exact) mass is 272 g/mol. The number of esters is 1. The Morgan fingerprint density at radius 1 is 1.21 bits per heavy atom. The smallest absolute Gasteiger partial charge is 0.325 e. The Morgan fingerprint density at radius 3 is 2.21 bits per heavy atom. The van der Waals surface area contributed by atoms with Crippen molar-refractivity contribution in [2.45, 2.75) is 52.5 Å². The minimum atomic E-state index is -0.524. The lowest BCUT2D eigenvalue weighted by Crippen LogP contribution is -2.47. The lowest BCUT2D eigenvalue weighted by atomic mass is 10.0. The fourth-order valence-electron chi connectivity index (χ4n) is 1.98. The largest absolute Gasteiger partial charge is 0.468 e. The summed E-state index contributed by atoms with van der Waals surface area (Å²) in [5.74, 6) is -0.162. The summed E-state index contributed by atoms with van der Waals surface area (Å²) in [6, 6.07) is -0.524. The van der Waals surface area contributed by atoms with Crippen LogP contribution in [0, 0.1) is 5.92 Å². The van der Waals surface area contributed by atoms with Gasteiger partial charge in [0.15, 0.2) is 0 Å². The minimum Gasteiger partial charge on any atom is -0.468 e. The molecule has 5 nitrogen and oxygen atoms in total. The molecule has 2 N–H and O–H groups in total. The predicted molar refractivity (Wildman–Crippen MR) is 75.6 cm³/mol. The molecule has 0 saturated carbocycles. The maximum atomic E-state index is 12.2. The minimum absolute atomic E-state index is 0.0107. The van der Waals surface area contributed by atoms with E-state index in [9.17, 15) is 9.59 Å². The fraction of sp³-hybridized carbons (Fsp3) is 0.857. The Hall–Kier alpha value is -1.10. The first kappa shape index (κ1) is 17.9. The van der Waals surface area contributed by atoms with Crippen molar-refractivity contribution in [2.75, 3.05) is 20.2 Å². The molecule has 0 rings (SSSR count). The van der Waals surface area contributed by atoms with Gasteiger partial charge >= 0.3 is 5.97 Å². The maximum absolute atomic E-state index is 12.2. The summed E-state index contributed by atoms with van der Waals surface area (Å²) in [6.07, 6.45) is 3.44. The highest BCUT2D eigenvalue weighted by Crippen LogP contribution is 2.11. The van der Waals surface area contributed by atoms with Gasteiger partial charge in [0.2, 0.25) is 5.91 Å². The van der Waals surface area contributed by atoms with Gasteiger partial charge in [-0.3, -0.25) is 9.59 Å². The van der Waals surface area contributed by atoms with Crippen molar-refractivity contribution in [1.82, 2.24) is 4.90 Å². The van der Waals surface area contributed by atoms with Crippen LogP contribution in [0.4, 0.5) is 0 Å². The van der Waals surface area contributed by atoms with Gasteiger partial charge in [-0.1, -0.05) is 40.0 Å². The van der Waals surface area contributed by atoms with E-state index in [1.807, 2.05) is 6.92 Å². The zero-order valence-electron chi connectivity index (χ0n) is 12.6. The van der Waals surface area contributed by atoms with Crippen LogP contribution in [0.2, 0.25) is 0 Å². The zero-order valence-corrected chi connectivity index (χ0v) is 12.6. The Kier molecular flexibility index (Phi) is 9.21. The average Bonchev–Trinajstić information content (AvgIpc) is 2.42.